The predicted octanol–water partition coefficient (Wildman–Crippen LogP) is 4.57. The number of hydrogen-bond acceptors (Lipinski definition) is 6. The summed E-state index contributed by atoms with van der Waals surface area (Å²) in [6.45, 7) is 1.97. The molecule has 1 fully saturated rings. The van der Waals surface area contributed by atoms with E-state index >= 15 is 0 Å². The number of H-pyrrole nitrogens is 1. The van der Waals surface area contributed by atoms with Gasteiger partial charge in [0.25, 0.3) is 0 Å². The summed E-state index contributed by atoms with van der Waals surface area (Å²) in [4.78, 5) is 9.21. The van der Waals surface area contributed by atoms with Crippen LogP contribution in [0, 0.1) is 6.92 Å². The molecule has 0 amide bonds. The number of anilines is 2. The van der Waals surface area contributed by atoms with Gasteiger partial charge in [-0.05, 0) is 19.8 Å². The van der Waals surface area contributed by atoms with Crippen molar-refractivity contribution in [2.24, 2.45) is 0 Å². The fourth-order valence-electron chi connectivity index (χ4n) is 3.35. The monoisotopic (exact) mass is 386 g/mol. The van der Waals surface area contributed by atoms with Gasteiger partial charge in [-0.15, -0.1) is 0 Å². The molecule has 3 heterocycles. The van der Waals surface area contributed by atoms with E-state index in [1.807, 2.05) is 49.4 Å². The SMILES string of the molecule is Cc1cc(Nc2cc(C3CC3)[nH]n2)nc(CCc2cc(-c3ccccc3)on2)n1. The summed E-state index contributed by atoms with van der Waals surface area (Å²) in [5.41, 5.74) is 4.03. The molecule has 0 spiro atoms. The van der Waals surface area contributed by atoms with Crippen molar-refractivity contribution in [3.05, 3.63) is 71.4 Å². The van der Waals surface area contributed by atoms with Crippen LogP contribution >= 0.6 is 0 Å². The lowest BCUT2D eigenvalue weighted by Gasteiger charge is -2.06. The third-order valence-corrected chi connectivity index (χ3v) is 4.99. The average molecular weight is 386 g/mol. The number of aromatic nitrogens is 5. The van der Waals surface area contributed by atoms with Crippen molar-refractivity contribution in [1.29, 1.82) is 0 Å². The molecule has 7 heteroatoms. The van der Waals surface area contributed by atoms with Gasteiger partial charge >= 0.3 is 0 Å². The van der Waals surface area contributed by atoms with E-state index in [9.17, 15) is 0 Å². The lowest BCUT2D eigenvalue weighted by molar-refractivity contribution is 0.423. The van der Waals surface area contributed by atoms with Gasteiger partial charge in [0.15, 0.2) is 11.6 Å². The highest BCUT2D eigenvalue weighted by molar-refractivity contribution is 5.57. The number of aryl methyl sites for hydroxylation is 3. The topological polar surface area (TPSA) is 92.5 Å². The zero-order valence-corrected chi connectivity index (χ0v) is 16.2. The van der Waals surface area contributed by atoms with Crippen LogP contribution < -0.4 is 5.32 Å². The molecule has 1 aliphatic carbocycles. The molecule has 4 aromatic rings. The lowest BCUT2D eigenvalue weighted by Crippen LogP contribution is -2.04. The second-order valence-corrected chi connectivity index (χ2v) is 7.47. The van der Waals surface area contributed by atoms with E-state index < -0.39 is 0 Å². The molecule has 0 saturated heterocycles. The molecule has 0 atom stereocenters. The molecular formula is C22H22N6O. The molecule has 1 aromatic carbocycles. The molecule has 0 aliphatic heterocycles. The van der Waals surface area contributed by atoms with E-state index in [4.69, 9.17) is 4.52 Å². The second-order valence-electron chi connectivity index (χ2n) is 7.47. The Kier molecular flexibility index (Phi) is 4.56. The van der Waals surface area contributed by atoms with Crippen LogP contribution in [-0.4, -0.2) is 25.3 Å². The van der Waals surface area contributed by atoms with E-state index in [1.54, 1.807) is 0 Å². The molecule has 0 radical (unpaired) electrons. The molecule has 7 nitrogen and oxygen atoms in total. The highest BCUT2D eigenvalue weighted by Crippen LogP contribution is 2.39. The smallest absolute Gasteiger partial charge is 0.167 e. The van der Waals surface area contributed by atoms with Crippen LogP contribution in [0.3, 0.4) is 0 Å². The van der Waals surface area contributed by atoms with Gasteiger partial charge in [-0.3, -0.25) is 5.10 Å². The first-order valence-electron chi connectivity index (χ1n) is 9.91. The van der Waals surface area contributed by atoms with Crippen molar-refractivity contribution in [2.75, 3.05) is 5.32 Å². The molecule has 1 aliphatic rings. The summed E-state index contributed by atoms with van der Waals surface area (Å²) >= 11 is 0. The summed E-state index contributed by atoms with van der Waals surface area (Å²) < 4.78 is 5.48. The second kappa shape index (κ2) is 7.50. The summed E-state index contributed by atoms with van der Waals surface area (Å²) in [6.07, 6.45) is 3.89. The predicted molar refractivity (Wildman–Crippen MR) is 110 cm³/mol. The quantitative estimate of drug-likeness (QED) is 0.483. The van der Waals surface area contributed by atoms with Gasteiger partial charge in [0, 0.05) is 53.9 Å². The number of nitrogens with one attached hydrogen (secondary N) is 2. The normalized spacial score (nSPS) is 13.6. The van der Waals surface area contributed by atoms with Gasteiger partial charge in [0.05, 0.1) is 5.69 Å². The zero-order chi connectivity index (χ0) is 19.6. The molecular weight excluding hydrogens is 364 g/mol. The van der Waals surface area contributed by atoms with Crippen LogP contribution in [0.4, 0.5) is 11.6 Å². The minimum Gasteiger partial charge on any atom is -0.356 e. The Balaban J connectivity index is 1.26. The largest absolute Gasteiger partial charge is 0.356 e. The number of nitrogens with zero attached hydrogens (tertiary/aromatic N) is 4. The van der Waals surface area contributed by atoms with Gasteiger partial charge in [-0.25, -0.2) is 9.97 Å². The fourth-order valence-corrected chi connectivity index (χ4v) is 3.35. The number of rotatable bonds is 7. The first-order chi connectivity index (χ1) is 14.2. The van der Waals surface area contributed by atoms with Crippen molar-refractivity contribution in [1.82, 2.24) is 25.3 Å². The molecule has 146 valence electrons. The highest BCUT2D eigenvalue weighted by Gasteiger charge is 2.25. The van der Waals surface area contributed by atoms with Crippen LogP contribution in [0.25, 0.3) is 11.3 Å². The maximum atomic E-state index is 5.48. The lowest BCUT2D eigenvalue weighted by atomic mass is 10.1. The Morgan fingerprint density at radius 2 is 1.90 bits per heavy atom. The fraction of sp³-hybridized carbons (Fsp3) is 0.273. The Labute approximate surface area is 168 Å². The molecule has 2 N–H and O–H groups in total. The van der Waals surface area contributed by atoms with Gasteiger partial charge in [-0.2, -0.15) is 5.10 Å². The van der Waals surface area contributed by atoms with Gasteiger partial charge in [0.2, 0.25) is 0 Å². The Hall–Kier alpha value is -3.48. The Morgan fingerprint density at radius 1 is 1.03 bits per heavy atom. The van der Waals surface area contributed by atoms with Crippen molar-refractivity contribution in [2.45, 2.75) is 38.5 Å². The molecule has 29 heavy (non-hydrogen) atoms. The van der Waals surface area contributed by atoms with E-state index in [0.29, 0.717) is 18.8 Å². The summed E-state index contributed by atoms with van der Waals surface area (Å²) in [5, 5.41) is 14.9. The maximum Gasteiger partial charge on any atom is 0.167 e. The summed E-state index contributed by atoms with van der Waals surface area (Å²) in [7, 11) is 0. The Bertz CT molecular complexity index is 1110. The molecule has 1 saturated carbocycles. The minimum atomic E-state index is 0.643. The van der Waals surface area contributed by atoms with Gasteiger partial charge < -0.3 is 9.84 Å². The van der Waals surface area contributed by atoms with Gasteiger partial charge in [-0.1, -0.05) is 35.5 Å². The number of aromatic amines is 1. The van der Waals surface area contributed by atoms with Crippen molar-refractivity contribution in [3.8, 4) is 11.3 Å². The van der Waals surface area contributed by atoms with Crippen molar-refractivity contribution < 1.29 is 4.52 Å². The van der Waals surface area contributed by atoms with E-state index in [1.165, 1.54) is 18.5 Å². The Morgan fingerprint density at radius 3 is 2.72 bits per heavy atom. The van der Waals surface area contributed by atoms with Crippen molar-refractivity contribution in [3.63, 3.8) is 0 Å². The first-order valence-corrected chi connectivity index (χ1v) is 9.91. The standard InChI is InChI=1S/C22H22N6O/c1-14-11-21(25-22-13-18(26-27-22)15-7-8-15)24-20(23-14)10-9-17-12-19(29-28-17)16-5-3-2-4-6-16/h2-6,11-13,15H,7-10H2,1H3,(H2,23,24,25,26,27). The molecule has 0 unspecified atom stereocenters. The average Bonchev–Trinajstić information content (AvgIpc) is 3.29. The number of hydrogen-bond donors (Lipinski definition) is 2. The van der Waals surface area contributed by atoms with E-state index in [-0.39, 0.29) is 0 Å². The van der Waals surface area contributed by atoms with Crippen LogP contribution in [0.1, 0.15) is 41.7 Å². The van der Waals surface area contributed by atoms with Crippen molar-refractivity contribution >= 4 is 11.6 Å². The number of benzene rings is 1. The summed E-state index contributed by atoms with van der Waals surface area (Å²) in [5.74, 6) is 3.74. The highest BCUT2D eigenvalue weighted by atomic mass is 16.5. The summed E-state index contributed by atoms with van der Waals surface area (Å²) in [6, 6.07) is 15.9. The van der Waals surface area contributed by atoms with Crippen LogP contribution in [-0.2, 0) is 12.8 Å². The van der Waals surface area contributed by atoms with E-state index in [2.05, 4.69) is 36.7 Å². The van der Waals surface area contributed by atoms with E-state index in [0.717, 1.165) is 40.2 Å². The maximum absolute atomic E-state index is 5.48. The third-order valence-electron chi connectivity index (χ3n) is 4.99. The van der Waals surface area contributed by atoms with Crippen LogP contribution in [0.5, 0.6) is 0 Å². The van der Waals surface area contributed by atoms with Crippen LogP contribution in [0.15, 0.2) is 53.1 Å². The minimum absolute atomic E-state index is 0.643. The zero-order valence-electron chi connectivity index (χ0n) is 16.2. The molecule has 0 bridgehead atoms. The van der Waals surface area contributed by atoms with Gasteiger partial charge in [0.1, 0.15) is 11.6 Å². The first kappa shape index (κ1) is 17.6. The third kappa shape index (κ3) is 4.18. The molecule has 3 aromatic heterocycles. The molecule has 5 rings (SSSR count). The van der Waals surface area contributed by atoms with Crippen LogP contribution in [0.2, 0.25) is 0 Å².